The lowest BCUT2D eigenvalue weighted by Crippen LogP contribution is -2.10. The monoisotopic (exact) mass is 192 g/mol. The normalized spacial score (nSPS) is 10.3. The summed E-state index contributed by atoms with van der Waals surface area (Å²) in [7, 11) is 0. The molecule has 5 nitrogen and oxygen atoms in total. The Labute approximate surface area is 80.0 Å². The second-order valence-electron chi connectivity index (χ2n) is 2.59. The van der Waals surface area contributed by atoms with Crippen LogP contribution in [-0.4, -0.2) is 10.8 Å². The van der Waals surface area contributed by atoms with Crippen molar-refractivity contribution in [2.45, 2.75) is 0 Å². The van der Waals surface area contributed by atoms with Gasteiger partial charge >= 0.3 is 0 Å². The number of rotatable bonds is 3. The van der Waals surface area contributed by atoms with E-state index in [0.717, 1.165) is 6.20 Å². The first-order valence-electron chi connectivity index (χ1n) is 3.81. The van der Waals surface area contributed by atoms with Crippen LogP contribution in [0.4, 0.5) is 0 Å². The molecule has 2 N–H and O–H groups in total. The Hall–Kier alpha value is -2.17. The van der Waals surface area contributed by atoms with Crippen LogP contribution in [0.5, 0.6) is 0 Å². The highest BCUT2D eigenvalue weighted by Crippen LogP contribution is 2.05. The van der Waals surface area contributed by atoms with Gasteiger partial charge in [-0.3, -0.25) is 14.9 Å². The summed E-state index contributed by atoms with van der Waals surface area (Å²) < 4.78 is 0. The number of nitrogens with two attached hydrogens (primary N) is 1. The van der Waals surface area contributed by atoms with Gasteiger partial charge in [-0.1, -0.05) is 12.1 Å². The molecule has 0 bridgehead atoms. The molecule has 0 radical (unpaired) electrons. The van der Waals surface area contributed by atoms with E-state index in [0.29, 0.717) is 11.1 Å². The van der Waals surface area contributed by atoms with Gasteiger partial charge in [0.15, 0.2) is 0 Å². The molecule has 0 heterocycles. The molecule has 0 saturated carbocycles. The van der Waals surface area contributed by atoms with Crippen LogP contribution in [0.1, 0.15) is 15.9 Å². The van der Waals surface area contributed by atoms with E-state index in [1.807, 2.05) is 0 Å². The lowest BCUT2D eigenvalue weighted by Gasteiger charge is -1.94. The van der Waals surface area contributed by atoms with Crippen LogP contribution in [0, 0.1) is 10.1 Å². The predicted octanol–water partition coefficient (Wildman–Crippen LogP) is 1.03. The van der Waals surface area contributed by atoms with Crippen molar-refractivity contribution in [2.24, 2.45) is 5.73 Å². The Bertz CT molecular complexity index is 382. The summed E-state index contributed by atoms with van der Waals surface area (Å²) in [6.07, 6.45) is 2.17. The number of benzene rings is 1. The fourth-order valence-electron chi connectivity index (χ4n) is 0.905. The maximum Gasteiger partial charge on any atom is 0.248 e. The van der Waals surface area contributed by atoms with Crippen molar-refractivity contribution < 1.29 is 9.72 Å². The minimum Gasteiger partial charge on any atom is -0.366 e. The number of carbonyl (C=O) groups excluding carboxylic acids is 1. The molecule has 1 rings (SSSR count). The Morgan fingerprint density at radius 2 is 1.93 bits per heavy atom. The number of primary amides is 1. The van der Waals surface area contributed by atoms with E-state index in [1.54, 1.807) is 12.1 Å². The third-order valence-electron chi connectivity index (χ3n) is 1.58. The van der Waals surface area contributed by atoms with Crippen LogP contribution >= 0.6 is 0 Å². The molecule has 0 atom stereocenters. The third-order valence-corrected chi connectivity index (χ3v) is 1.58. The first-order chi connectivity index (χ1) is 6.59. The largest absolute Gasteiger partial charge is 0.366 e. The summed E-state index contributed by atoms with van der Waals surface area (Å²) in [5.74, 6) is -0.519. The molecule has 0 spiro atoms. The van der Waals surface area contributed by atoms with Gasteiger partial charge in [0.1, 0.15) is 0 Å². The molecule has 5 heteroatoms. The van der Waals surface area contributed by atoms with E-state index in [-0.39, 0.29) is 0 Å². The zero-order valence-corrected chi connectivity index (χ0v) is 7.21. The molecule has 1 aromatic carbocycles. The number of hydrogen-bond donors (Lipinski definition) is 1. The van der Waals surface area contributed by atoms with Crippen LogP contribution < -0.4 is 5.73 Å². The third kappa shape index (κ3) is 2.71. The van der Waals surface area contributed by atoms with Gasteiger partial charge in [0.25, 0.3) is 0 Å². The molecule has 0 saturated heterocycles. The number of nitro groups is 1. The summed E-state index contributed by atoms with van der Waals surface area (Å²) in [5, 5.41) is 9.99. The Kier molecular flexibility index (Phi) is 2.96. The van der Waals surface area contributed by atoms with Crippen molar-refractivity contribution in [3.05, 3.63) is 51.7 Å². The lowest BCUT2D eigenvalue weighted by atomic mass is 10.1. The molecule has 0 aliphatic heterocycles. The summed E-state index contributed by atoms with van der Waals surface area (Å²) in [6, 6.07) is 6.20. The van der Waals surface area contributed by atoms with E-state index in [9.17, 15) is 14.9 Å². The van der Waals surface area contributed by atoms with Gasteiger partial charge in [-0.25, -0.2) is 0 Å². The first kappa shape index (κ1) is 9.91. The van der Waals surface area contributed by atoms with Gasteiger partial charge in [-0.2, -0.15) is 0 Å². The summed E-state index contributed by atoms with van der Waals surface area (Å²) in [6.45, 7) is 0. The van der Waals surface area contributed by atoms with E-state index >= 15 is 0 Å². The molecule has 14 heavy (non-hydrogen) atoms. The van der Waals surface area contributed by atoms with E-state index in [1.165, 1.54) is 18.2 Å². The van der Waals surface area contributed by atoms with Gasteiger partial charge < -0.3 is 5.73 Å². The standard InChI is InChI=1S/C9H8N2O3/c10-9(12)8-3-1-7(2-4-8)5-6-11(13)14/h1-6H,(H2,10,12). The van der Waals surface area contributed by atoms with E-state index in [4.69, 9.17) is 5.73 Å². The topological polar surface area (TPSA) is 86.2 Å². The van der Waals surface area contributed by atoms with Crippen molar-refractivity contribution in [3.8, 4) is 0 Å². The molecule has 0 aliphatic rings. The lowest BCUT2D eigenvalue weighted by molar-refractivity contribution is -0.400. The number of carbonyl (C=O) groups is 1. The Morgan fingerprint density at radius 3 is 2.36 bits per heavy atom. The van der Waals surface area contributed by atoms with Crippen molar-refractivity contribution >= 4 is 12.0 Å². The summed E-state index contributed by atoms with van der Waals surface area (Å²) in [4.78, 5) is 20.1. The SMILES string of the molecule is NC(=O)c1ccc(C=C[N+](=O)[O-])cc1. The van der Waals surface area contributed by atoms with Crippen LogP contribution in [0.3, 0.4) is 0 Å². The predicted molar refractivity (Wildman–Crippen MR) is 51.0 cm³/mol. The maximum atomic E-state index is 10.7. The Balaban J connectivity index is 2.83. The number of amides is 1. The van der Waals surface area contributed by atoms with Crippen LogP contribution in [0.2, 0.25) is 0 Å². The van der Waals surface area contributed by atoms with Gasteiger partial charge in [-0.15, -0.1) is 0 Å². The highest BCUT2D eigenvalue weighted by molar-refractivity contribution is 5.92. The molecule has 1 amide bonds. The first-order valence-corrected chi connectivity index (χ1v) is 3.81. The van der Waals surface area contributed by atoms with Gasteiger partial charge in [0.2, 0.25) is 12.1 Å². The smallest absolute Gasteiger partial charge is 0.248 e. The van der Waals surface area contributed by atoms with Gasteiger partial charge in [0, 0.05) is 11.6 Å². The zero-order valence-electron chi connectivity index (χ0n) is 7.21. The molecule has 72 valence electrons. The number of nitrogens with zero attached hydrogens (tertiary/aromatic N) is 1. The molecular formula is C9H8N2O3. The molecule has 0 aliphatic carbocycles. The summed E-state index contributed by atoms with van der Waals surface area (Å²) in [5.41, 5.74) is 6.04. The molecular weight excluding hydrogens is 184 g/mol. The van der Waals surface area contributed by atoms with Crippen LogP contribution in [-0.2, 0) is 0 Å². The maximum absolute atomic E-state index is 10.7. The molecule has 0 aromatic heterocycles. The zero-order chi connectivity index (χ0) is 10.6. The fraction of sp³-hybridized carbons (Fsp3) is 0. The van der Waals surface area contributed by atoms with Gasteiger partial charge in [-0.05, 0) is 17.7 Å². The quantitative estimate of drug-likeness (QED) is 0.573. The highest BCUT2D eigenvalue weighted by Gasteiger charge is 1.98. The number of hydrogen-bond acceptors (Lipinski definition) is 3. The second-order valence-corrected chi connectivity index (χ2v) is 2.59. The van der Waals surface area contributed by atoms with Crippen molar-refractivity contribution in [2.75, 3.05) is 0 Å². The minimum absolute atomic E-state index is 0.378. The summed E-state index contributed by atoms with van der Waals surface area (Å²) >= 11 is 0. The van der Waals surface area contributed by atoms with Crippen molar-refractivity contribution in [1.82, 2.24) is 0 Å². The van der Waals surface area contributed by atoms with Crippen molar-refractivity contribution in [1.29, 1.82) is 0 Å². The van der Waals surface area contributed by atoms with Crippen LogP contribution in [0.25, 0.3) is 6.08 Å². The minimum atomic E-state index is -0.554. The molecule has 0 fully saturated rings. The highest BCUT2D eigenvalue weighted by atomic mass is 16.6. The van der Waals surface area contributed by atoms with Crippen LogP contribution in [0.15, 0.2) is 30.5 Å². The fourth-order valence-corrected chi connectivity index (χ4v) is 0.905. The Morgan fingerprint density at radius 1 is 1.36 bits per heavy atom. The molecule has 1 aromatic rings. The second kappa shape index (κ2) is 4.18. The average Bonchev–Trinajstić information content (AvgIpc) is 2.15. The van der Waals surface area contributed by atoms with Crippen molar-refractivity contribution in [3.63, 3.8) is 0 Å². The van der Waals surface area contributed by atoms with Gasteiger partial charge in [0.05, 0.1) is 4.92 Å². The van der Waals surface area contributed by atoms with E-state index < -0.39 is 10.8 Å². The van der Waals surface area contributed by atoms with E-state index in [2.05, 4.69) is 0 Å². The average molecular weight is 192 g/mol. The molecule has 0 unspecified atom stereocenters.